The number of benzene rings is 10. The van der Waals surface area contributed by atoms with Crippen LogP contribution in [0.5, 0.6) is 0 Å². The molecule has 0 saturated carbocycles. The van der Waals surface area contributed by atoms with E-state index in [1.54, 1.807) is 0 Å². The molecule has 0 amide bonds. The Morgan fingerprint density at radius 2 is 0.712 bits per heavy atom. The minimum absolute atomic E-state index is 0.585. The molecule has 4 nitrogen and oxygen atoms in total. The van der Waals surface area contributed by atoms with Gasteiger partial charge in [-0.25, -0.2) is 15.0 Å². The van der Waals surface area contributed by atoms with Gasteiger partial charge in [0.05, 0.1) is 0 Å². The van der Waals surface area contributed by atoms with Crippen LogP contribution in [0.1, 0.15) is 0 Å². The topological polar surface area (TPSA) is 51.8 Å². The van der Waals surface area contributed by atoms with Gasteiger partial charge in [-0.1, -0.05) is 164 Å². The van der Waals surface area contributed by atoms with Crippen LogP contribution in [-0.2, 0) is 0 Å². The molecule has 59 heavy (non-hydrogen) atoms. The summed E-state index contributed by atoms with van der Waals surface area (Å²) in [5.41, 5.74) is 8.77. The maximum absolute atomic E-state index is 6.77. The highest BCUT2D eigenvalue weighted by molar-refractivity contribution is 6.23. The van der Waals surface area contributed by atoms with Crippen molar-refractivity contribution in [1.29, 1.82) is 0 Å². The van der Waals surface area contributed by atoms with Gasteiger partial charge in [0.1, 0.15) is 11.2 Å². The van der Waals surface area contributed by atoms with Gasteiger partial charge in [-0.15, -0.1) is 0 Å². The van der Waals surface area contributed by atoms with E-state index in [1.165, 1.54) is 16.3 Å². The van der Waals surface area contributed by atoms with Crippen LogP contribution in [0.25, 0.3) is 121 Å². The zero-order valence-corrected chi connectivity index (χ0v) is 31.8. The van der Waals surface area contributed by atoms with E-state index in [9.17, 15) is 0 Å². The van der Waals surface area contributed by atoms with Crippen LogP contribution < -0.4 is 0 Å². The van der Waals surface area contributed by atoms with Crippen molar-refractivity contribution < 1.29 is 4.42 Å². The molecule has 0 atom stereocenters. The third-order valence-electron chi connectivity index (χ3n) is 11.7. The van der Waals surface area contributed by atoms with Gasteiger partial charge >= 0.3 is 0 Å². The Balaban J connectivity index is 1.10. The molecule has 0 fully saturated rings. The first-order chi connectivity index (χ1) is 29.2. The van der Waals surface area contributed by atoms with E-state index in [-0.39, 0.29) is 0 Å². The van der Waals surface area contributed by atoms with Crippen LogP contribution in [0.2, 0.25) is 0 Å². The number of rotatable bonds is 5. The molecule has 0 radical (unpaired) electrons. The van der Waals surface area contributed by atoms with Gasteiger partial charge < -0.3 is 4.42 Å². The average Bonchev–Trinajstić information content (AvgIpc) is 3.70. The number of furan rings is 1. The molecule has 0 saturated heterocycles. The molecular formula is C55H33N3O. The lowest BCUT2D eigenvalue weighted by Crippen LogP contribution is -2.01. The van der Waals surface area contributed by atoms with Gasteiger partial charge in [0.15, 0.2) is 17.5 Å². The quantitative estimate of drug-likeness (QED) is 0.176. The Labute approximate surface area is 339 Å². The number of hydrogen-bond donors (Lipinski definition) is 0. The summed E-state index contributed by atoms with van der Waals surface area (Å²) in [6.07, 6.45) is 0. The van der Waals surface area contributed by atoms with Crippen LogP contribution in [-0.4, -0.2) is 15.0 Å². The van der Waals surface area contributed by atoms with Crippen molar-refractivity contribution in [3.05, 3.63) is 200 Å². The predicted octanol–water partition coefficient (Wildman–Crippen LogP) is 14.7. The minimum atomic E-state index is 0.585. The third-order valence-corrected chi connectivity index (χ3v) is 11.7. The van der Waals surface area contributed by atoms with E-state index in [2.05, 4.69) is 200 Å². The van der Waals surface area contributed by atoms with E-state index in [0.717, 1.165) is 87.6 Å². The van der Waals surface area contributed by atoms with Crippen molar-refractivity contribution in [1.82, 2.24) is 15.0 Å². The first-order valence-electron chi connectivity index (χ1n) is 19.9. The van der Waals surface area contributed by atoms with Crippen molar-refractivity contribution in [2.24, 2.45) is 0 Å². The second-order valence-corrected chi connectivity index (χ2v) is 15.2. The molecule has 2 aromatic heterocycles. The molecule has 0 N–H and O–H groups in total. The molecule has 12 aromatic rings. The van der Waals surface area contributed by atoms with Gasteiger partial charge in [-0.2, -0.15) is 0 Å². The lowest BCUT2D eigenvalue weighted by atomic mass is 9.94. The Hall–Kier alpha value is -7.95. The predicted molar refractivity (Wildman–Crippen MR) is 244 cm³/mol. The summed E-state index contributed by atoms with van der Waals surface area (Å²) in [6.45, 7) is 0. The normalized spacial score (nSPS) is 11.7. The van der Waals surface area contributed by atoms with Crippen LogP contribution in [0.15, 0.2) is 205 Å². The van der Waals surface area contributed by atoms with Crippen LogP contribution >= 0.6 is 0 Å². The lowest BCUT2D eigenvalue weighted by Gasteiger charge is -2.12. The SMILES string of the molecule is c1ccc2cc(-c3ccc(-c4cc(-c5nc(-c6ccc7ccccc7c6)nc(-c6ccc7ccccc7c6)n5)c5c(c4)oc4ccc6ccccc6c45)cc3)ccc2c1. The van der Waals surface area contributed by atoms with Gasteiger partial charge in [-0.05, 0) is 102 Å². The maximum Gasteiger partial charge on any atom is 0.164 e. The second kappa shape index (κ2) is 13.3. The number of hydrogen-bond acceptors (Lipinski definition) is 4. The standard InChI is InChI=1S/C55H33N3O/c1-4-13-40-29-43(24-21-34(40)9-1)37-17-19-38(20-18-37)46-32-48(52-50(33-46)59-49-28-27-39-12-7-8-16-47(39)51(49)52)55-57-53(44-25-22-35-10-2-5-14-41(35)30-44)56-54(58-55)45-26-23-36-11-3-6-15-42(36)31-45/h1-33H. The summed E-state index contributed by atoms with van der Waals surface area (Å²) < 4.78 is 6.77. The van der Waals surface area contributed by atoms with Crippen molar-refractivity contribution in [3.8, 4) is 56.4 Å². The fraction of sp³-hybridized carbons (Fsp3) is 0. The van der Waals surface area contributed by atoms with Gasteiger partial charge in [0.2, 0.25) is 0 Å². The monoisotopic (exact) mass is 751 g/mol. The molecule has 0 aliphatic carbocycles. The Morgan fingerprint density at radius 1 is 0.271 bits per heavy atom. The maximum atomic E-state index is 6.77. The van der Waals surface area contributed by atoms with Crippen LogP contribution in [0.3, 0.4) is 0 Å². The molecule has 0 aliphatic heterocycles. The fourth-order valence-corrected chi connectivity index (χ4v) is 8.65. The Bertz CT molecular complexity index is 3520. The molecule has 274 valence electrons. The van der Waals surface area contributed by atoms with Gasteiger partial charge in [0, 0.05) is 27.5 Å². The fourth-order valence-electron chi connectivity index (χ4n) is 8.65. The molecule has 10 aromatic carbocycles. The summed E-state index contributed by atoms with van der Waals surface area (Å²) in [5, 5.41) is 11.3. The highest BCUT2D eigenvalue weighted by Gasteiger charge is 2.21. The van der Waals surface area contributed by atoms with Crippen molar-refractivity contribution in [2.45, 2.75) is 0 Å². The van der Waals surface area contributed by atoms with Crippen LogP contribution in [0, 0.1) is 0 Å². The second-order valence-electron chi connectivity index (χ2n) is 15.2. The van der Waals surface area contributed by atoms with E-state index in [1.807, 2.05) is 0 Å². The molecule has 0 unspecified atom stereocenters. The third kappa shape index (κ3) is 5.73. The summed E-state index contributed by atoms with van der Waals surface area (Å²) in [7, 11) is 0. The zero-order chi connectivity index (χ0) is 38.9. The van der Waals surface area contributed by atoms with E-state index in [4.69, 9.17) is 19.4 Å². The van der Waals surface area contributed by atoms with E-state index in [0.29, 0.717) is 17.5 Å². The van der Waals surface area contributed by atoms with E-state index >= 15 is 0 Å². The number of aromatic nitrogens is 3. The van der Waals surface area contributed by atoms with Gasteiger partial charge in [0.25, 0.3) is 0 Å². The molecule has 4 heteroatoms. The number of nitrogens with zero attached hydrogens (tertiary/aromatic N) is 3. The van der Waals surface area contributed by atoms with Crippen molar-refractivity contribution in [3.63, 3.8) is 0 Å². The molecule has 0 bridgehead atoms. The molecular weight excluding hydrogens is 719 g/mol. The number of fused-ring (bicyclic) bond motifs is 8. The van der Waals surface area contributed by atoms with Crippen LogP contribution in [0.4, 0.5) is 0 Å². The summed E-state index contributed by atoms with van der Waals surface area (Å²) in [6, 6.07) is 70.6. The first kappa shape index (κ1) is 33.2. The zero-order valence-electron chi connectivity index (χ0n) is 31.8. The highest BCUT2D eigenvalue weighted by atomic mass is 16.3. The molecule has 2 heterocycles. The average molecular weight is 752 g/mol. The molecule has 12 rings (SSSR count). The Morgan fingerprint density at radius 3 is 1.31 bits per heavy atom. The van der Waals surface area contributed by atoms with Crippen molar-refractivity contribution in [2.75, 3.05) is 0 Å². The largest absolute Gasteiger partial charge is 0.456 e. The van der Waals surface area contributed by atoms with E-state index < -0.39 is 0 Å². The highest BCUT2D eigenvalue weighted by Crippen LogP contribution is 2.43. The van der Waals surface area contributed by atoms with Gasteiger partial charge in [-0.3, -0.25) is 0 Å². The lowest BCUT2D eigenvalue weighted by molar-refractivity contribution is 0.669. The Kier molecular flexibility index (Phi) is 7.50. The summed E-state index contributed by atoms with van der Waals surface area (Å²) in [4.78, 5) is 15.9. The van der Waals surface area contributed by atoms with Crippen molar-refractivity contribution >= 4 is 65.0 Å². The molecule has 0 aliphatic rings. The minimum Gasteiger partial charge on any atom is -0.456 e. The molecule has 0 spiro atoms. The smallest absolute Gasteiger partial charge is 0.164 e. The summed E-state index contributed by atoms with van der Waals surface area (Å²) >= 11 is 0. The summed E-state index contributed by atoms with van der Waals surface area (Å²) in [5.74, 6) is 1.81. The first-order valence-corrected chi connectivity index (χ1v) is 19.9.